The number of hydrogen-bond donors (Lipinski definition) is 2. The Kier molecular flexibility index (Phi) is 3.33. The van der Waals surface area contributed by atoms with Crippen molar-refractivity contribution in [3.8, 4) is 5.82 Å². The molecular formula is C11H12BrN5O. The summed E-state index contributed by atoms with van der Waals surface area (Å²) in [5.74, 6) is 0.551. The minimum absolute atomic E-state index is 0.0154. The molecule has 0 amide bonds. The van der Waals surface area contributed by atoms with E-state index < -0.39 is 0 Å². The van der Waals surface area contributed by atoms with Crippen LogP contribution in [0, 0.1) is 13.8 Å². The average Bonchev–Trinajstić information content (AvgIpc) is 2.74. The first-order valence-corrected chi connectivity index (χ1v) is 5.99. The largest absolute Gasteiger partial charge is 0.409 e. The molecule has 7 heteroatoms. The molecule has 0 radical (unpaired) electrons. The first-order chi connectivity index (χ1) is 8.52. The third-order valence-corrected chi connectivity index (χ3v) is 2.87. The number of oxime groups is 1. The lowest BCUT2D eigenvalue weighted by Crippen LogP contribution is -2.19. The number of amidine groups is 1. The normalized spacial score (nSPS) is 11.8. The molecule has 3 N–H and O–H groups in total. The number of nitrogens with zero attached hydrogens (tertiary/aromatic N) is 4. The highest BCUT2D eigenvalue weighted by atomic mass is 79.9. The molecule has 0 saturated heterocycles. The average molecular weight is 310 g/mol. The minimum atomic E-state index is 0.0154. The second-order valence-corrected chi connectivity index (χ2v) is 4.78. The fourth-order valence-corrected chi connectivity index (χ4v) is 2.05. The topological polar surface area (TPSA) is 89.3 Å². The van der Waals surface area contributed by atoms with Gasteiger partial charge in [0.05, 0.1) is 16.2 Å². The highest BCUT2D eigenvalue weighted by Crippen LogP contribution is 2.19. The Morgan fingerprint density at radius 3 is 2.78 bits per heavy atom. The molecule has 0 aromatic carbocycles. The molecule has 6 nitrogen and oxygen atoms in total. The maximum absolute atomic E-state index is 8.85. The van der Waals surface area contributed by atoms with E-state index in [0.29, 0.717) is 11.4 Å². The molecule has 0 spiro atoms. The summed E-state index contributed by atoms with van der Waals surface area (Å²) in [6.07, 6.45) is 3.41. The van der Waals surface area contributed by atoms with E-state index in [1.807, 2.05) is 19.9 Å². The second kappa shape index (κ2) is 4.77. The van der Waals surface area contributed by atoms with Gasteiger partial charge in [-0.1, -0.05) is 5.16 Å². The van der Waals surface area contributed by atoms with Crippen molar-refractivity contribution >= 4 is 21.8 Å². The van der Waals surface area contributed by atoms with Gasteiger partial charge in [-0.25, -0.2) is 9.67 Å². The first-order valence-electron chi connectivity index (χ1n) is 5.19. The fraction of sp³-hybridized carbons (Fsp3) is 0.182. The Bertz CT molecular complexity index is 620. The van der Waals surface area contributed by atoms with Gasteiger partial charge in [0.2, 0.25) is 0 Å². The highest BCUT2D eigenvalue weighted by Gasteiger charge is 2.15. The summed E-state index contributed by atoms with van der Waals surface area (Å²) >= 11 is 3.32. The maximum atomic E-state index is 8.85. The van der Waals surface area contributed by atoms with E-state index in [9.17, 15) is 0 Å². The highest BCUT2D eigenvalue weighted by molar-refractivity contribution is 9.10. The van der Waals surface area contributed by atoms with Gasteiger partial charge in [-0.15, -0.1) is 0 Å². The third-order valence-electron chi connectivity index (χ3n) is 2.46. The van der Waals surface area contributed by atoms with Gasteiger partial charge in [0.25, 0.3) is 0 Å². The predicted molar refractivity (Wildman–Crippen MR) is 71.0 cm³/mol. The lowest BCUT2D eigenvalue weighted by atomic mass is 10.1. The zero-order chi connectivity index (χ0) is 13.3. The van der Waals surface area contributed by atoms with Crippen molar-refractivity contribution in [3.63, 3.8) is 0 Å². The quantitative estimate of drug-likeness (QED) is 0.383. The van der Waals surface area contributed by atoms with Gasteiger partial charge in [-0.05, 0) is 41.4 Å². The zero-order valence-electron chi connectivity index (χ0n) is 9.92. The van der Waals surface area contributed by atoms with Gasteiger partial charge in [-0.2, -0.15) is 5.10 Å². The van der Waals surface area contributed by atoms with Crippen molar-refractivity contribution in [2.45, 2.75) is 13.8 Å². The number of halogens is 1. The lowest BCUT2D eigenvalue weighted by molar-refractivity contribution is 0.318. The summed E-state index contributed by atoms with van der Waals surface area (Å²) in [6.45, 7) is 3.76. The summed E-state index contributed by atoms with van der Waals surface area (Å²) < 4.78 is 2.41. The number of rotatable bonds is 2. The molecule has 2 rings (SSSR count). The molecule has 2 aromatic rings. The van der Waals surface area contributed by atoms with Crippen molar-refractivity contribution in [3.05, 3.63) is 39.8 Å². The van der Waals surface area contributed by atoms with E-state index in [1.54, 1.807) is 17.1 Å². The number of pyridine rings is 1. The summed E-state index contributed by atoms with van der Waals surface area (Å²) in [6, 6.07) is 1.87. The third kappa shape index (κ3) is 2.21. The monoisotopic (exact) mass is 309 g/mol. The van der Waals surface area contributed by atoms with Gasteiger partial charge >= 0.3 is 0 Å². The van der Waals surface area contributed by atoms with Gasteiger partial charge in [-0.3, -0.25) is 0 Å². The molecule has 0 aliphatic heterocycles. The van der Waals surface area contributed by atoms with Crippen LogP contribution in [-0.2, 0) is 0 Å². The Morgan fingerprint density at radius 1 is 1.50 bits per heavy atom. The van der Waals surface area contributed by atoms with Gasteiger partial charge in [0, 0.05) is 11.9 Å². The fourth-order valence-electron chi connectivity index (χ4n) is 1.77. The van der Waals surface area contributed by atoms with Crippen LogP contribution in [0.4, 0.5) is 0 Å². The van der Waals surface area contributed by atoms with Crippen LogP contribution >= 0.6 is 15.9 Å². The molecule has 0 aliphatic rings. The van der Waals surface area contributed by atoms with Crippen molar-refractivity contribution in [1.29, 1.82) is 0 Å². The van der Waals surface area contributed by atoms with Crippen LogP contribution in [0.15, 0.2) is 28.1 Å². The predicted octanol–water partition coefficient (Wildman–Crippen LogP) is 1.74. The molecule has 2 aromatic heterocycles. The summed E-state index contributed by atoms with van der Waals surface area (Å²) in [5.41, 5.74) is 7.98. The van der Waals surface area contributed by atoms with E-state index in [-0.39, 0.29) is 5.84 Å². The Hall–Kier alpha value is -1.89. The zero-order valence-corrected chi connectivity index (χ0v) is 11.5. The standard InChI is InChI=1S/C11H12BrN5O/c1-6-3-7(2)15-11(9(6)10(13)16-18)17-5-8(12)4-14-17/h3-5,18H,1-2H3,(H2,13,16). The molecule has 94 valence electrons. The molecule has 0 fully saturated rings. The SMILES string of the molecule is Cc1cc(C)c(C(N)=NO)c(-n2cc(Br)cn2)n1. The summed E-state index contributed by atoms with van der Waals surface area (Å²) in [4.78, 5) is 4.39. The van der Waals surface area contributed by atoms with Crippen LogP contribution in [0.2, 0.25) is 0 Å². The van der Waals surface area contributed by atoms with Gasteiger partial charge in [0.1, 0.15) is 0 Å². The van der Waals surface area contributed by atoms with E-state index in [2.05, 4.69) is 31.2 Å². The molecule has 0 atom stereocenters. The van der Waals surface area contributed by atoms with Crippen molar-refractivity contribution in [2.75, 3.05) is 0 Å². The van der Waals surface area contributed by atoms with Crippen molar-refractivity contribution < 1.29 is 5.21 Å². The minimum Gasteiger partial charge on any atom is -0.409 e. The first kappa shape index (κ1) is 12.6. The van der Waals surface area contributed by atoms with E-state index in [4.69, 9.17) is 10.9 Å². The maximum Gasteiger partial charge on any atom is 0.174 e. The van der Waals surface area contributed by atoms with E-state index >= 15 is 0 Å². The lowest BCUT2D eigenvalue weighted by Gasteiger charge is -2.11. The molecule has 0 aliphatic carbocycles. The molecule has 0 bridgehead atoms. The van der Waals surface area contributed by atoms with Gasteiger partial charge < -0.3 is 10.9 Å². The molecule has 0 saturated carbocycles. The Balaban J connectivity index is 2.72. The second-order valence-electron chi connectivity index (χ2n) is 3.87. The van der Waals surface area contributed by atoms with Crippen LogP contribution in [-0.4, -0.2) is 25.8 Å². The Morgan fingerprint density at radius 2 is 2.22 bits per heavy atom. The van der Waals surface area contributed by atoms with Crippen LogP contribution in [0.1, 0.15) is 16.8 Å². The number of hydrogen-bond acceptors (Lipinski definition) is 4. The molecule has 18 heavy (non-hydrogen) atoms. The van der Waals surface area contributed by atoms with Crippen molar-refractivity contribution in [1.82, 2.24) is 14.8 Å². The number of aromatic nitrogens is 3. The molecule has 0 unspecified atom stereocenters. The number of nitrogens with two attached hydrogens (primary N) is 1. The molecule has 2 heterocycles. The van der Waals surface area contributed by atoms with Crippen LogP contribution in [0.25, 0.3) is 5.82 Å². The van der Waals surface area contributed by atoms with E-state index in [0.717, 1.165) is 15.7 Å². The summed E-state index contributed by atoms with van der Waals surface area (Å²) in [5, 5.41) is 16.1. The van der Waals surface area contributed by atoms with Crippen LogP contribution < -0.4 is 5.73 Å². The molecular weight excluding hydrogens is 298 g/mol. The van der Waals surface area contributed by atoms with Crippen molar-refractivity contribution in [2.24, 2.45) is 10.9 Å². The van der Waals surface area contributed by atoms with Crippen LogP contribution in [0.3, 0.4) is 0 Å². The Labute approximate surface area is 112 Å². The number of aryl methyl sites for hydroxylation is 2. The smallest absolute Gasteiger partial charge is 0.174 e. The van der Waals surface area contributed by atoms with E-state index in [1.165, 1.54) is 0 Å². The van der Waals surface area contributed by atoms with Crippen LogP contribution in [0.5, 0.6) is 0 Å². The summed E-state index contributed by atoms with van der Waals surface area (Å²) in [7, 11) is 0. The van der Waals surface area contributed by atoms with Gasteiger partial charge in [0.15, 0.2) is 11.7 Å².